The minimum absolute atomic E-state index is 0.542. The van der Waals surface area contributed by atoms with Crippen LogP contribution in [0.3, 0.4) is 0 Å². The van der Waals surface area contributed by atoms with Gasteiger partial charge in [-0.05, 0) is 12.5 Å². The first-order valence-electron chi connectivity index (χ1n) is 3.80. The van der Waals surface area contributed by atoms with Crippen molar-refractivity contribution in [2.75, 3.05) is 0 Å². The Balaban J connectivity index is 2.92. The van der Waals surface area contributed by atoms with E-state index in [4.69, 9.17) is 11.0 Å². The molecule has 1 aromatic carbocycles. The Morgan fingerprint density at radius 1 is 1.46 bits per heavy atom. The zero-order valence-electron chi connectivity index (χ0n) is 7.23. The van der Waals surface area contributed by atoms with Crippen LogP contribution >= 0.6 is 0 Å². The highest BCUT2D eigenvalue weighted by Crippen LogP contribution is 2.16. The Kier molecular flexibility index (Phi) is 3.00. The van der Waals surface area contributed by atoms with E-state index < -0.39 is 12.1 Å². The van der Waals surface area contributed by atoms with Gasteiger partial charge in [0.25, 0.3) is 0 Å². The zero-order valence-corrected chi connectivity index (χ0v) is 7.23. The number of carboxylic acid groups (broad SMARTS) is 1. The fraction of sp³-hybridized carbons (Fsp3) is 0.222. The first-order chi connectivity index (χ1) is 6.15. The van der Waals surface area contributed by atoms with Crippen molar-refractivity contribution < 1.29 is 14.7 Å². The minimum atomic E-state index is -1.09. The van der Waals surface area contributed by atoms with Crippen LogP contribution in [-0.4, -0.2) is 11.1 Å². The highest BCUT2D eigenvalue weighted by atomic mass is 16.6. The maximum atomic E-state index is 10.6. The van der Waals surface area contributed by atoms with Crippen LogP contribution in [0.5, 0.6) is 0 Å². The topological polar surface area (TPSA) is 72.5 Å². The number of aliphatic carboxylic acids is 1. The molecule has 0 aliphatic carbocycles. The van der Waals surface area contributed by atoms with Gasteiger partial charge in [-0.3, -0.25) is 4.84 Å². The third-order valence-corrected chi connectivity index (χ3v) is 1.74. The van der Waals surface area contributed by atoms with E-state index in [1.54, 1.807) is 12.1 Å². The third-order valence-electron chi connectivity index (χ3n) is 1.74. The summed E-state index contributed by atoms with van der Waals surface area (Å²) in [4.78, 5) is 14.9. The molecule has 1 aromatic rings. The van der Waals surface area contributed by atoms with Gasteiger partial charge >= 0.3 is 5.97 Å². The van der Waals surface area contributed by atoms with Gasteiger partial charge in [0.05, 0.1) is 0 Å². The highest BCUT2D eigenvalue weighted by molar-refractivity contribution is 5.74. The largest absolute Gasteiger partial charge is 0.479 e. The number of carbonyl (C=O) groups is 1. The second-order valence-corrected chi connectivity index (χ2v) is 2.77. The summed E-state index contributed by atoms with van der Waals surface area (Å²) in [6.07, 6.45) is -1.08. The summed E-state index contributed by atoms with van der Waals surface area (Å²) in [6.45, 7) is 1.92. The SMILES string of the molecule is Cc1ccc(C(ON)C(=O)O)cc1. The molecule has 0 heterocycles. The predicted molar refractivity (Wildman–Crippen MR) is 46.8 cm³/mol. The van der Waals surface area contributed by atoms with Gasteiger partial charge in [0.15, 0.2) is 0 Å². The van der Waals surface area contributed by atoms with Gasteiger partial charge in [-0.2, -0.15) is 0 Å². The van der Waals surface area contributed by atoms with Crippen molar-refractivity contribution in [1.29, 1.82) is 0 Å². The van der Waals surface area contributed by atoms with E-state index in [0.717, 1.165) is 5.56 Å². The molecule has 0 saturated heterocycles. The van der Waals surface area contributed by atoms with Gasteiger partial charge in [-0.1, -0.05) is 29.8 Å². The molecular formula is C9H11NO3. The maximum Gasteiger partial charge on any atom is 0.339 e. The van der Waals surface area contributed by atoms with E-state index in [1.807, 2.05) is 19.1 Å². The van der Waals surface area contributed by atoms with Crippen LogP contribution in [0.25, 0.3) is 0 Å². The van der Waals surface area contributed by atoms with E-state index >= 15 is 0 Å². The van der Waals surface area contributed by atoms with Crippen molar-refractivity contribution in [2.24, 2.45) is 5.90 Å². The average molecular weight is 181 g/mol. The molecule has 1 rings (SSSR count). The van der Waals surface area contributed by atoms with Crippen molar-refractivity contribution in [3.63, 3.8) is 0 Å². The number of hydrogen-bond donors (Lipinski definition) is 2. The number of carboxylic acids is 1. The lowest BCUT2D eigenvalue weighted by molar-refractivity contribution is -0.151. The highest BCUT2D eigenvalue weighted by Gasteiger charge is 2.18. The monoisotopic (exact) mass is 181 g/mol. The first-order valence-corrected chi connectivity index (χ1v) is 3.80. The van der Waals surface area contributed by atoms with Crippen LogP contribution in [0.4, 0.5) is 0 Å². The molecule has 0 aliphatic heterocycles. The quantitative estimate of drug-likeness (QED) is 0.682. The molecule has 0 aromatic heterocycles. The summed E-state index contributed by atoms with van der Waals surface area (Å²) in [5.41, 5.74) is 1.60. The van der Waals surface area contributed by atoms with Crippen LogP contribution in [-0.2, 0) is 9.63 Å². The normalized spacial score (nSPS) is 12.5. The van der Waals surface area contributed by atoms with Gasteiger partial charge in [0.1, 0.15) is 0 Å². The van der Waals surface area contributed by atoms with Crippen molar-refractivity contribution in [3.05, 3.63) is 35.4 Å². The lowest BCUT2D eigenvalue weighted by Crippen LogP contribution is -2.18. The molecule has 4 nitrogen and oxygen atoms in total. The molecule has 0 fully saturated rings. The third kappa shape index (κ3) is 2.27. The Hall–Kier alpha value is -1.39. The molecule has 0 saturated carbocycles. The van der Waals surface area contributed by atoms with Gasteiger partial charge in [0.2, 0.25) is 6.10 Å². The van der Waals surface area contributed by atoms with E-state index in [9.17, 15) is 4.79 Å². The van der Waals surface area contributed by atoms with Crippen molar-refractivity contribution in [3.8, 4) is 0 Å². The Morgan fingerprint density at radius 2 is 2.00 bits per heavy atom. The molecule has 70 valence electrons. The molecule has 0 radical (unpaired) electrons. The molecular weight excluding hydrogens is 170 g/mol. The van der Waals surface area contributed by atoms with Gasteiger partial charge in [-0.15, -0.1) is 0 Å². The average Bonchev–Trinajstić information content (AvgIpc) is 2.09. The van der Waals surface area contributed by atoms with Crippen LogP contribution in [0.2, 0.25) is 0 Å². The Morgan fingerprint density at radius 3 is 2.38 bits per heavy atom. The number of hydrogen-bond acceptors (Lipinski definition) is 3. The van der Waals surface area contributed by atoms with E-state index in [1.165, 1.54) is 0 Å². The maximum absolute atomic E-state index is 10.6. The summed E-state index contributed by atoms with van der Waals surface area (Å²) in [6, 6.07) is 6.98. The summed E-state index contributed by atoms with van der Waals surface area (Å²) in [7, 11) is 0. The molecule has 13 heavy (non-hydrogen) atoms. The predicted octanol–water partition coefficient (Wildman–Crippen LogP) is 1.01. The number of nitrogens with two attached hydrogens (primary N) is 1. The molecule has 1 unspecified atom stereocenters. The molecule has 0 amide bonds. The van der Waals surface area contributed by atoms with Crippen molar-refractivity contribution in [1.82, 2.24) is 0 Å². The van der Waals surface area contributed by atoms with Crippen molar-refractivity contribution in [2.45, 2.75) is 13.0 Å². The van der Waals surface area contributed by atoms with Crippen LogP contribution < -0.4 is 5.90 Å². The lowest BCUT2D eigenvalue weighted by atomic mass is 10.1. The van der Waals surface area contributed by atoms with E-state index in [-0.39, 0.29) is 0 Å². The van der Waals surface area contributed by atoms with Gasteiger partial charge < -0.3 is 5.11 Å². The number of benzene rings is 1. The molecule has 4 heteroatoms. The smallest absolute Gasteiger partial charge is 0.339 e. The fourth-order valence-electron chi connectivity index (χ4n) is 1.02. The first kappa shape index (κ1) is 9.70. The van der Waals surface area contributed by atoms with Crippen LogP contribution in [0.1, 0.15) is 17.2 Å². The van der Waals surface area contributed by atoms with Crippen LogP contribution in [0, 0.1) is 6.92 Å². The summed E-state index contributed by atoms with van der Waals surface area (Å²) >= 11 is 0. The molecule has 0 aliphatic rings. The molecule has 3 N–H and O–H groups in total. The second kappa shape index (κ2) is 4.02. The lowest BCUT2D eigenvalue weighted by Gasteiger charge is -2.09. The zero-order chi connectivity index (χ0) is 9.84. The standard InChI is InChI=1S/C9H11NO3/c1-6-2-4-7(5-3-6)8(13-10)9(11)12/h2-5,8H,10H2,1H3,(H,11,12). The summed E-state index contributed by atoms with van der Waals surface area (Å²) in [5, 5.41) is 8.69. The number of aryl methyl sites for hydroxylation is 1. The summed E-state index contributed by atoms with van der Waals surface area (Å²) in [5.74, 6) is 3.77. The second-order valence-electron chi connectivity index (χ2n) is 2.77. The molecule has 1 atom stereocenters. The molecule has 0 spiro atoms. The summed E-state index contributed by atoms with van der Waals surface area (Å²) < 4.78 is 0. The van der Waals surface area contributed by atoms with E-state index in [0.29, 0.717) is 5.56 Å². The van der Waals surface area contributed by atoms with Crippen LogP contribution in [0.15, 0.2) is 24.3 Å². The Labute approximate surface area is 75.9 Å². The fourth-order valence-corrected chi connectivity index (χ4v) is 1.02. The minimum Gasteiger partial charge on any atom is -0.479 e. The van der Waals surface area contributed by atoms with Crippen molar-refractivity contribution >= 4 is 5.97 Å². The van der Waals surface area contributed by atoms with Gasteiger partial charge in [-0.25, -0.2) is 10.7 Å². The molecule has 0 bridgehead atoms. The van der Waals surface area contributed by atoms with E-state index in [2.05, 4.69) is 4.84 Å². The van der Waals surface area contributed by atoms with Gasteiger partial charge in [0, 0.05) is 0 Å². The Bertz CT molecular complexity index is 294. The number of rotatable bonds is 3.